The monoisotopic (exact) mass is 144 g/mol. The molecule has 0 saturated carbocycles. The highest BCUT2D eigenvalue weighted by Gasteiger charge is 2.15. The molecule has 58 valence electrons. The number of aliphatic hydroxyl groups excluding tert-OH is 1. The summed E-state index contributed by atoms with van der Waals surface area (Å²) in [6.45, 7) is 3.42. The third-order valence-corrected chi connectivity index (χ3v) is 1.31. The zero-order valence-corrected chi connectivity index (χ0v) is 6.42. The summed E-state index contributed by atoms with van der Waals surface area (Å²) in [6, 6.07) is 0. The van der Waals surface area contributed by atoms with E-state index in [1.807, 2.05) is 0 Å². The van der Waals surface area contributed by atoms with Gasteiger partial charge in [0.2, 0.25) is 0 Å². The van der Waals surface area contributed by atoms with Gasteiger partial charge in [-0.05, 0) is 19.4 Å². The Bertz CT molecular complexity index is 149. The summed E-state index contributed by atoms with van der Waals surface area (Å²) in [5.74, 6) is -0.615. The van der Waals surface area contributed by atoms with E-state index < -0.39 is 12.1 Å². The van der Waals surface area contributed by atoms with E-state index in [-0.39, 0.29) is 0 Å². The van der Waals surface area contributed by atoms with Gasteiger partial charge in [-0.2, -0.15) is 0 Å². The minimum Gasteiger partial charge on any atom is -0.467 e. The lowest BCUT2D eigenvalue weighted by Crippen LogP contribution is -2.22. The number of hydrogen-bond donors (Lipinski definition) is 1. The average molecular weight is 144 g/mol. The van der Waals surface area contributed by atoms with E-state index in [0.29, 0.717) is 5.57 Å². The first-order chi connectivity index (χ1) is 4.63. The predicted octanol–water partition coefficient (Wildman–Crippen LogP) is 0.486. The topological polar surface area (TPSA) is 46.5 Å². The van der Waals surface area contributed by atoms with Crippen molar-refractivity contribution in [2.24, 2.45) is 0 Å². The third-order valence-electron chi connectivity index (χ3n) is 1.31. The minimum absolute atomic E-state index is 0.604. The highest BCUT2D eigenvalue weighted by atomic mass is 16.5. The molecule has 0 amide bonds. The second-order valence-corrected chi connectivity index (χ2v) is 1.96. The molecule has 0 radical (unpaired) electrons. The maximum atomic E-state index is 10.6. The molecule has 3 nitrogen and oxygen atoms in total. The Kier molecular flexibility index (Phi) is 3.72. The molecule has 0 aromatic carbocycles. The largest absolute Gasteiger partial charge is 0.467 e. The number of allylic oxidation sites excluding steroid dienone is 1. The van der Waals surface area contributed by atoms with Crippen molar-refractivity contribution in [2.75, 3.05) is 7.11 Å². The molecule has 0 aliphatic heterocycles. The molecule has 1 atom stereocenters. The van der Waals surface area contributed by atoms with Gasteiger partial charge in [0.05, 0.1) is 7.11 Å². The highest BCUT2D eigenvalue weighted by molar-refractivity contribution is 5.77. The number of methoxy groups -OCH3 is 1. The minimum atomic E-state index is -1.10. The van der Waals surface area contributed by atoms with E-state index in [4.69, 9.17) is 5.11 Å². The van der Waals surface area contributed by atoms with Crippen LogP contribution in [0.4, 0.5) is 0 Å². The van der Waals surface area contributed by atoms with Crippen molar-refractivity contribution in [3.05, 3.63) is 11.6 Å². The van der Waals surface area contributed by atoms with E-state index in [1.165, 1.54) is 7.11 Å². The van der Waals surface area contributed by atoms with Gasteiger partial charge in [-0.25, -0.2) is 4.79 Å². The normalized spacial score (nSPS) is 14.6. The van der Waals surface area contributed by atoms with Crippen LogP contribution in [0.1, 0.15) is 13.8 Å². The first kappa shape index (κ1) is 9.17. The number of carbonyl (C=O) groups is 1. The SMILES string of the molecule is CC=C(C)C(O)C(=O)OC. The summed E-state index contributed by atoms with van der Waals surface area (Å²) >= 11 is 0. The number of ether oxygens (including phenoxy) is 1. The van der Waals surface area contributed by atoms with Crippen LogP contribution in [0.5, 0.6) is 0 Å². The first-order valence-electron chi connectivity index (χ1n) is 3.02. The fourth-order valence-electron chi connectivity index (χ4n) is 0.455. The second kappa shape index (κ2) is 4.06. The summed E-state index contributed by atoms with van der Waals surface area (Å²) in [5.41, 5.74) is 0.604. The van der Waals surface area contributed by atoms with Gasteiger partial charge in [-0.1, -0.05) is 6.08 Å². The Labute approximate surface area is 60.3 Å². The van der Waals surface area contributed by atoms with Crippen LogP contribution < -0.4 is 0 Å². The van der Waals surface area contributed by atoms with Gasteiger partial charge >= 0.3 is 5.97 Å². The van der Waals surface area contributed by atoms with Crippen LogP contribution in [0.15, 0.2) is 11.6 Å². The molecule has 0 aliphatic rings. The van der Waals surface area contributed by atoms with Crippen molar-refractivity contribution in [3.63, 3.8) is 0 Å². The van der Waals surface area contributed by atoms with Gasteiger partial charge < -0.3 is 9.84 Å². The summed E-state index contributed by atoms with van der Waals surface area (Å²) in [5, 5.41) is 9.04. The molecule has 0 aliphatic carbocycles. The smallest absolute Gasteiger partial charge is 0.339 e. The number of rotatable bonds is 2. The van der Waals surface area contributed by atoms with E-state index in [0.717, 1.165) is 0 Å². The molecule has 1 N–H and O–H groups in total. The first-order valence-corrected chi connectivity index (χ1v) is 3.02. The van der Waals surface area contributed by atoms with Crippen molar-refractivity contribution in [3.8, 4) is 0 Å². The van der Waals surface area contributed by atoms with Crippen molar-refractivity contribution in [1.29, 1.82) is 0 Å². The van der Waals surface area contributed by atoms with Crippen LogP contribution in [0, 0.1) is 0 Å². The zero-order chi connectivity index (χ0) is 8.15. The standard InChI is InChI=1S/C7H12O3/c1-4-5(2)6(8)7(9)10-3/h4,6,8H,1-3H3. The van der Waals surface area contributed by atoms with Crippen molar-refractivity contribution >= 4 is 5.97 Å². The van der Waals surface area contributed by atoms with Gasteiger partial charge in [-0.3, -0.25) is 0 Å². The molecule has 0 heterocycles. The van der Waals surface area contributed by atoms with E-state index in [2.05, 4.69) is 4.74 Å². The molecule has 0 bridgehead atoms. The molecule has 0 aromatic heterocycles. The fourth-order valence-corrected chi connectivity index (χ4v) is 0.455. The Balaban J connectivity index is 4.08. The summed E-state index contributed by atoms with van der Waals surface area (Å²) in [6.07, 6.45) is 0.566. The molecule has 0 aromatic rings. The maximum Gasteiger partial charge on any atom is 0.339 e. The molecule has 1 unspecified atom stereocenters. The summed E-state index contributed by atoms with van der Waals surface area (Å²) in [7, 11) is 1.24. The van der Waals surface area contributed by atoms with Crippen LogP contribution in [-0.2, 0) is 9.53 Å². The van der Waals surface area contributed by atoms with Gasteiger partial charge in [0.1, 0.15) is 0 Å². The van der Waals surface area contributed by atoms with Gasteiger partial charge in [0.25, 0.3) is 0 Å². The van der Waals surface area contributed by atoms with E-state index in [9.17, 15) is 4.79 Å². The number of aliphatic hydroxyl groups is 1. The fraction of sp³-hybridized carbons (Fsp3) is 0.571. The van der Waals surface area contributed by atoms with E-state index in [1.54, 1.807) is 19.9 Å². The molecule has 0 rings (SSSR count). The van der Waals surface area contributed by atoms with Crippen molar-refractivity contribution < 1.29 is 14.6 Å². The number of esters is 1. The lowest BCUT2D eigenvalue weighted by atomic mass is 10.2. The summed E-state index contributed by atoms with van der Waals surface area (Å²) < 4.78 is 4.31. The lowest BCUT2D eigenvalue weighted by Gasteiger charge is -2.06. The Morgan fingerprint density at radius 3 is 2.50 bits per heavy atom. The third kappa shape index (κ3) is 2.19. The Hall–Kier alpha value is -0.830. The lowest BCUT2D eigenvalue weighted by molar-refractivity contribution is -0.148. The Morgan fingerprint density at radius 1 is 1.70 bits per heavy atom. The van der Waals surface area contributed by atoms with Crippen LogP contribution in [-0.4, -0.2) is 24.3 Å². The molecule has 0 fully saturated rings. The molecular weight excluding hydrogens is 132 g/mol. The highest BCUT2D eigenvalue weighted by Crippen LogP contribution is 2.01. The zero-order valence-electron chi connectivity index (χ0n) is 6.42. The van der Waals surface area contributed by atoms with Crippen molar-refractivity contribution in [1.82, 2.24) is 0 Å². The van der Waals surface area contributed by atoms with Crippen LogP contribution in [0.2, 0.25) is 0 Å². The average Bonchev–Trinajstić information content (AvgIpc) is 2.00. The maximum absolute atomic E-state index is 10.6. The molecule has 3 heteroatoms. The second-order valence-electron chi connectivity index (χ2n) is 1.96. The number of hydrogen-bond acceptors (Lipinski definition) is 3. The summed E-state index contributed by atoms with van der Waals surface area (Å²) in [4.78, 5) is 10.6. The predicted molar refractivity (Wildman–Crippen MR) is 37.5 cm³/mol. The van der Waals surface area contributed by atoms with Gasteiger partial charge in [0, 0.05) is 0 Å². The van der Waals surface area contributed by atoms with Crippen LogP contribution in [0.3, 0.4) is 0 Å². The molecule has 0 spiro atoms. The van der Waals surface area contributed by atoms with Crippen LogP contribution in [0.25, 0.3) is 0 Å². The van der Waals surface area contributed by atoms with Crippen molar-refractivity contribution in [2.45, 2.75) is 20.0 Å². The Morgan fingerprint density at radius 2 is 2.20 bits per heavy atom. The van der Waals surface area contributed by atoms with E-state index >= 15 is 0 Å². The van der Waals surface area contributed by atoms with Gasteiger partial charge in [0.15, 0.2) is 6.10 Å². The molecule has 0 saturated heterocycles. The molecule has 10 heavy (non-hydrogen) atoms. The van der Waals surface area contributed by atoms with Crippen LogP contribution >= 0.6 is 0 Å². The van der Waals surface area contributed by atoms with Gasteiger partial charge in [-0.15, -0.1) is 0 Å². The quantitative estimate of drug-likeness (QED) is 0.453. The molecular formula is C7H12O3. The number of carbonyl (C=O) groups excluding carboxylic acids is 1.